The lowest BCUT2D eigenvalue weighted by Crippen LogP contribution is -2.32. The molecule has 6 rings (SSSR count). The van der Waals surface area contributed by atoms with Gasteiger partial charge < -0.3 is 10.3 Å². The number of amides is 1. The van der Waals surface area contributed by atoms with Gasteiger partial charge in [0.2, 0.25) is 0 Å². The molecule has 5 nitrogen and oxygen atoms in total. The van der Waals surface area contributed by atoms with Gasteiger partial charge in [-0.2, -0.15) is 0 Å². The Kier molecular flexibility index (Phi) is 7.07. The fourth-order valence-electron chi connectivity index (χ4n) is 5.92. The first-order valence-corrected chi connectivity index (χ1v) is 13.4. The average Bonchev–Trinajstić information content (AvgIpc) is 3.61. The third kappa shape index (κ3) is 5.14. The first-order valence-electron chi connectivity index (χ1n) is 13.4. The Hall–Kier alpha value is -4.10. The molecular weight excluding hydrogens is 494 g/mol. The largest absolute Gasteiger partial charge is 0.360 e. The van der Waals surface area contributed by atoms with E-state index in [1.807, 2.05) is 48.5 Å². The summed E-state index contributed by atoms with van der Waals surface area (Å²) in [7, 11) is 0. The molecule has 0 spiro atoms. The molecule has 1 saturated heterocycles. The molecule has 39 heavy (non-hydrogen) atoms. The third-order valence-corrected chi connectivity index (χ3v) is 7.86. The summed E-state index contributed by atoms with van der Waals surface area (Å²) >= 11 is 0. The van der Waals surface area contributed by atoms with Crippen molar-refractivity contribution in [1.82, 2.24) is 20.2 Å². The maximum absolute atomic E-state index is 13.6. The van der Waals surface area contributed by atoms with Gasteiger partial charge in [-0.25, -0.2) is 8.78 Å². The molecule has 4 heterocycles. The number of pyridine rings is 1. The minimum atomic E-state index is -0.570. The van der Waals surface area contributed by atoms with Crippen molar-refractivity contribution in [3.05, 3.63) is 108 Å². The van der Waals surface area contributed by atoms with E-state index in [0.29, 0.717) is 17.5 Å². The predicted molar refractivity (Wildman–Crippen MR) is 149 cm³/mol. The number of carbonyl (C=O) groups is 1. The molecule has 2 aromatic heterocycles. The van der Waals surface area contributed by atoms with Crippen LogP contribution >= 0.6 is 0 Å². The van der Waals surface area contributed by atoms with Crippen LogP contribution in [-0.4, -0.2) is 53.1 Å². The number of nitrogens with one attached hydrogen (secondary N) is 2. The highest BCUT2D eigenvalue weighted by molar-refractivity contribution is 5.94. The normalized spacial score (nSPS) is 19.0. The van der Waals surface area contributed by atoms with E-state index in [-0.39, 0.29) is 18.3 Å². The van der Waals surface area contributed by atoms with Crippen LogP contribution in [0.5, 0.6) is 0 Å². The fraction of sp³-hybridized carbons (Fsp3) is 0.250. The van der Waals surface area contributed by atoms with E-state index in [9.17, 15) is 13.6 Å². The van der Waals surface area contributed by atoms with Crippen molar-refractivity contribution >= 4 is 11.5 Å². The Morgan fingerprint density at radius 1 is 1.03 bits per heavy atom. The first-order chi connectivity index (χ1) is 19.1. The standard InChI is InChI=1S/C32H30F2N4O/c33-12-15-36-32(39)24-3-1-21(2-4-24)26-18-28-17-25(11-16-38(28)20-26)29-19-37-31(23-5-7-27(34)8-6-23)30(29)22-9-13-35-14-10-22/h1-10,13-14,17,19,26,28,37H,11-12,15-16,18,20H2,(H,36,39). The highest BCUT2D eigenvalue weighted by atomic mass is 19.1. The molecular formula is C32H30F2N4O. The number of benzene rings is 2. The minimum Gasteiger partial charge on any atom is -0.360 e. The molecule has 2 aliphatic rings. The molecule has 0 aliphatic carbocycles. The van der Waals surface area contributed by atoms with Gasteiger partial charge in [-0.15, -0.1) is 0 Å². The van der Waals surface area contributed by atoms with Crippen LogP contribution in [0.25, 0.3) is 28.0 Å². The summed E-state index contributed by atoms with van der Waals surface area (Å²) in [5, 5.41) is 2.58. The van der Waals surface area contributed by atoms with E-state index in [1.165, 1.54) is 28.8 Å². The van der Waals surface area contributed by atoms with Gasteiger partial charge in [-0.3, -0.25) is 14.7 Å². The van der Waals surface area contributed by atoms with E-state index in [2.05, 4.69) is 32.5 Å². The summed E-state index contributed by atoms with van der Waals surface area (Å²) in [6.07, 6.45) is 10.0. The van der Waals surface area contributed by atoms with Gasteiger partial charge in [-0.05, 0) is 89.6 Å². The molecule has 2 atom stereocenters. The number of hydrogen-bond acceptors (Lipinski definition) is 3. The second kappa shape index (κ2) is 10.9. The van der Waals surface area contributed by atoms with E-state index < -0.39 is 6.67 Å². The molecule has 0 saturated carbocycles. The van der Waals surface area contributed by atoms with E-state index >= 15 is 0 Å². The van der Waals surface area contributed by atoms with Gasteiger partial charge in [-0.1, -0.05) is 18.2 Å². The SMILES string of the molecule is O=C(NCCF)c1ccc(C2CC3C=C(c4c[nH]c(-c5ccc(F)cc5)c4-c4ccncc4)CCN3C2)cc1. The second-order valence-corrected chi connectivity index (χ2v) is 10.2. The van der Waals surface area contributed by atoms with Crippen molar-refractivity contribution in [3.63, 3.8) is 0 Å². The summed E-state index contributed by atoms with van der Waals surface area (Å²) in [4.78, 5) is 22.3. The molecule has 198 valence electrons. The molecule has 2 unspecified atom stereocenters. The maximum Gasteiger partial charge on any atom is 0.251 e. The van der Waals surface area contributed by atoms with Crippen molar-refractivity contribution in [3.8, 4) is 22.4 Å². The Bertz CT molecular complexity index is 1480. The van der Waals surface area contributed by atoms with Crippen molar-refractivity contribution in [2.24, 2.45) is 0 Å². The lowest BCUT2D eigenvalue weighted by molar-refractivity contribution is 0.0951. The van der Waals surface area contributed by atoms with Gasteiger partial charge in [0.25, 0.3) is 5.91 Å². The molecule has 1 fully saturated rings. The van der Waals surface area contributed by atoms with Crippen molar-refractivity contribution < 1.29 is 13.6 Å². The Labute approximate surface area is 226 Å². The maximum atomic E-state index is 13.6. The molecule has 0 bridgehead atoms. The van der Waals surface area contributed by atoms with E-state index in [1.54, 1.807) is 12.4 Å². The molecule has 7 heteroatoms. The van der Waals surface area contributed by atoms with Crippen LogP contribution in [0.1, 0.15) is 40.2 Å². The molecule has 2 N–H and O–H groups in total. The summed E-state index contributed by atoms with van der Waals surface area (Å²) in [5.74, 6) is -0.113. The van der Waals surface area contributed by atoms with Crippen LogP contribution in [-0.2, 0) is 0 Å². The summed E-state index contributed by atoms with van der Waals surface area (Å²) in [6.45, 7) is 1.42. The molecule has 2 aromatic carbocycles. The van der Waals surface area contributed by atoms with Crippen LogP contribution in [0, 0.1) is 5.82 Å². The van der Waals surface area contributed by atoms with Crippen molar-refractivity contribution in [2.75, 3.05) is 26.3 Å². The Morgan fingerprint density at radius 2 is 1.79 bits per heavy atom. The molecule has 0 radical (unpaired) electrons. The summed E-state index contributed by atoms with van der Waals surface area (Å²) in [5.41, 5.74) is 8.36. The molecule has 1 amide bonds. The smallest absolute Gasteiger partial charge is 0.251 e. The number of rotatable bonds is 7. The van der Waals surface area contributed by atoms with E-state index in [4.69, 9.17) is 0 Å². The number of aromatic nitrogens is 2. The number of carbonyl (C=O) groups excluding carboxylic acids is 1. The average molecular weight is 525 g/mol. The lowest BCUT2D eigenvalue weighted by Gasteiger charge is -2.28. The second-order valence-electron chi connectivity index (χ2n) is 10.2. The molecule has 4 aromatic rings. The van der Waals surface area contributed by atoms with Gasteiger partial charge in [0.1, 0.15) is 12.5 Å². The topological polar surface area (TPSA) is 61.0 Å². The third-order valence-electron chi connectivity index (χ3n) is 7.86. The molecule has 2 aliphatic heterocycles. The van der Waals surface area contributed by atoms with Crippen LogP contribution in [0.4, 0.5) is 8.78 Å². The zero-order valence-corrected chi connectivity index (χ0v) is 21.5. The monoisotopic (exact) mass is 524 g/mol. The summed E-state index contributed by atoms with van der Waals surface area (Å²) < 4.78 is 26.0. The van der Waals surface area contributed by atoms with E-state index in [0.717, 1.165) is 48.3 Å². The van der Waals surface area contributed by atoms with Gasteiger partial charge in [0.05, 0.1) is 5.69 Å². The number of halogens is 2. The zero-order valence-electron chi connectivity index (χ0n) is 21.5. The van der Waals surface area contributed by atoms with Crippen molar-refractivity contribution in [1.29, 1.82) is 0 Å². The Balaban J connectivity index is 1.26. The van der Waals surface area contributed by atoms with Crippen LogP contribution in [0.15, 0.2) is 85.3 Å². The number of hydrogen-bond donors (Lipinski definition) is 2. The number of H-pyrrole nitrogens is 1. The van der Waals surface area contributed by atoms with Crippen LogP contribution in [0.2, 0.25) is 0 Å². The minimum absolute atomic E-state index is 0.0317. The first kappa shape index (κ1) is 25.2. The number of nitrogens with zero attached hydrogens (tertiary/aromatic N) is 2. The van der Waals surface area contributed by atoms with Gasteiger partial charge in [0.15, 0.2) is 0 Å². The van der Waals surface area contributed by atoms with Crippen molar-refractivity contribution in [2.45, 2.75) is 24.8 Å². The highest BCUT2D eigenvalue weighted by Gasteiger charge is 2.34. The number of aromatic amines is 1. The van der Waals surface area contributed by atoms with Crippen LogP contribution < -0.4 is 5.32 Å². The zero-order chi connectivity index (χ0) is 26.8. The number of alkyl halides is 1. The quantitative estimate of drug-likeness (QED) is 0.301. The predicted octanol–water partition coefficient (Wildman–Crippen LogP) is 6.23. The highest BCUT2D eigenvalue weighted by Crippen LogP contribution is 2.42. The lowest BCUT2D eigenvalue weighted by atomic mass is 9.90. The fourth-order valence-corrected chi connectivity index (χ4v) is 5.92. The number of fused-ring (bicyclic) bond motifs is 1. The van der Waals surface area contributed by atoms with Crippen LogP contribution in [0.3, 0.4) is 0 Å². The van der Waals surface area contributed by atoms with Gasteiger partial charge in [0, 0.05) is 61.0 Å². The Morgan fingerprint density at radius 3 is 2.54 bits per heavy atom. The summed E-state index contributed by atoms with van der Waals surface area (Å²) in [6, 6.07) is 18.7. The van der Waals surface area contributed by atoms with Gasteiger partial charge >= 0.3 is 0 Å².